The van der Waals surface area contributed by atoms with Crippen LogP contribution in [0.1, 0.15) is 11.1 Å². The molecule has 5 heteroatoms. The van der Waals surface area contributed by atoms with E-state index in [1.165, 1.54) is 11.6 Å². The van der Waals surface area contributed by atoms with E-state index in [4.69, 9.17) is 16.3 Å². The first-order chi connectivity index (χ1) is 10.7. The molecule has 0 bridgehead atoms. The van der Waals surface area contributed by atoms with Crippen molar-refractivity contribution in [2.45, 2.75) is 6.42 Å². The molecule has 2 aromatic carbocycles. The van der Waals surface area contributed by atoms with Crippen LogP contribution in [0.15, 0.2) is 60.7 Å². The van der Waals surface area contributed by atoms with Crippen LogP contribution in [-0.4, -0.2) is 15.3 Å². The number of rotatable bonds is 4. The molecule has 22 heavy (non-hydrogen) atoms. The van der Waals surface area contributed by atoms with Gasteiger partial charge in [0.2, 0.25) is 0 Å². The summed E-state index contributed by atoms with van der Waals surface area (Å²) in [4.78, 5) is 0. The molecule has 0 amide bonds. The van der Waals surface area contributed by atoms with Gasteiger partial charge >= 0.3 is 0 Å². The van der Waals surface area contributed by atoms with Gasteiger partial charge in [-0.1, -0.05) is 60.1 Å². The number of ether oxygens (including phenoxy) is 1. The highest BCUT2D eigenvalue weighted by molar-refractivity contribution is 6.29. The van der Waals surface area contributed by atoms with Gasteiger partial charge in [0.15, 0.2) is 10.9 Å². The molecule has 3 aromatic rings. The Balaban J connectivity index is 1.88. The van der Waals surface area contributed by atoms with Crippen LogP contribution in [0, 0.1) is 0 Å². The van der Waals surface area contributed by atoms with E-state index in [0.29, 0.717) is 5.75 Å². The number of hydrogen-bond donors (Lipinski definition) is 1. The second kappa shape index (κ2) is 6.45. The molecule has 4 nitrogen and oxygen atoms in total. The Morgan fingerprint density at radius 1 is 0.955 bits per heavy atom. The smallest absolute Gasteiger partial charge is 0.281 e. The molecule has 1 N–H and O–H groups in total. The maximum Gasteiger partial charge on any atom is 0.281 e. The molecular formula is C17H13ClN2O2. The van der Waals surface area contributed by atoms with E-state index in [9.17, 15) is 5.11 Å². The van der Waals surface area contributed by atoms with Crippen LogP contribution >= 0.6 is 11.6 Å². The largest absolute Gasteiger partial charge is 0.503 e. The Morgan fingerprint density at radius 2 is 1.68 bits per heavy atom. The molecular weight excluding hydrogens is 300 g/mol. The zero-order chi connectivity index (χ0) is 15.4. The Labute approximate surface area is 133 Å². The van der Waals surface area contributed by atoms with Gasteiger partial charge in [0.05, 0.1) is 0 Å². The topological polar surface area (TPSA) is 55.2 Å². The molecule has 0 aliphatic rings. The fourth-order valence-electron chi connectivity index (χ4n) is 2.09. The summed E-state index contributed by atoms with van der Waals surface area (Å²) in [7, 11) is 0. The minimum absolute atomic E-state index is 0.0323. The number of nitrogens with zero attached hydrogens (tertiary/aromatic N) is 2. The van der Waals surface area contributed by atoms with Crippen LogP contribution < -0.4 is 4.74 Å². The molecule has 3 rings (SSSR count). The summed E-state index contributed by atoms with van der Waals surface area (Å²) in [6, 6.07) is 19.0. The molecule has 0 aliphatic heterocycles. The first-order valence-corrected chi connectivity index (χ1v) is 7.12. The molecule has 110 valence electrons. The van der Waals surface area contributed by atoms with Gasteiger partial charge in [-0.25, -0.2) is 0 Å². The fourth-order valence-corrected chi connectivity index (χ4v) is 2.23. The number of aromatic nitrogens is 2. The van der Waals surface area contributed by atoms with E-state index >= 15 is 0 Å². The van der Waals surface area contributed by atoms with Crippen molar-refractivity contribution in [3.05, 3.63) is 76.9 Å². The summed E-state index contributed by atoms with van der Waals surface area (Å²) in [6.07, 6.45) is 0.721. The van der Waals surface area contributed by atoms with Crippen molar-refractivity contribution in [3.8, 4) is 17.4 Å². The summed E-state index contributed by atoms with van der Waals surface area (Å²) in [6.45, 7) is 0. The molecule has 0 spiro atoms. The van der Waals surface area contributed by atoms with Gasteiger partial charge in [0.25, 0.3) is 5.88 Å². The van der Waals surface area contributed by atoms with E-state index in [1.54, 1.807) is 0 Å². The van der Waals surface area contributed by atoms with Gasteiger partial charge < -0.3 is 9.84 Å². The highest BCUT2D eigenvalue weighted by atomic mass is 35.5. The standard InChI is InChI=1S/C17H13ClN2O2/c18-16-11-14(21)17(20-19-16)22-15-9-5-4-8-13(15)10-12-6-2-1-3-7-12/h1-9,11H,10H2,(H,19,21). The summed E-state index contributed by atoms with van der Waals surface area (Å²) in [5.41, 5.74) is 2.16. The van der Waals surface area contributed by atoms with Crippen LogP contribution in [0.5, 0.6) is 17.4 Å². The molecule has 0 radical (unpaired) electrons. The molecule has 0 unspecified atom stereocenters. The predicted octanol–water partition coefficient (Wildman–Crippen LogP) is 4.22. The van der Waals surface area contributed by atoms with Crippen molar-refractivity contribution in [1.29, 1.82) is 0 Å². The second-order valence-electron chi connectivity index (χ2n) is 4.73. The Kier molecular flexibility index (Phi) is 4.21. The molecule has 0 fully saturated rings. The minimum Gasteiger partial charge on any atom is -0.503 e. The first-order valence-electron chi connectivity index (χ1n) is 6.74. The van der Waals surface area contributed by atoms with Crippen LogP contribution in [0.2, 0.25) is 5.15 Å². The normalized spacial score (nSPS) is 10.4. The predicted molar refractivity (Wildman–Crippen MR) is 84.5 cm³/mol. The van der Waals surface area contributed by atoms with E-state index in [1.807, 2.05) is 42.5 Å². The average molecular weight is 313 g/mol. The monoisotopic (exact) mass is 312 g/mol. The first kappa shape index (κ1) is 14.4. The van der Waals surface area contributed by atoms with Crippen LogP contribution in [-0.2, 0) is 6.42 Å². The van der Waals surface area contributed by atoms with E-state index in [0.717, 1.165) is 12.0 Å². The van der Waals surface area contributed by atoms with Gasteiger partial charge in [0.1, 0.15) is 5.75 Å². The summed E-state index contributed by atoms with van der Waals surface area (Å²) >= 11 is 5.67. The highest BCUT2D eigenvalue weighted by Crippen LogP contribution is 2.31. The van der Waals surface area contributed by atoms with E-state index in [2.05, 4.69) is 22.3 Å². The zero-order valence-electron chi connectivity index (χ0n) is 11.6. The van der Waals surface area contributed by atoms with Gasteiger partial charge in [-0.3, -0.25) is 0 Å². The van der Waals surface area contributed by atoms with Crippen LogP contribution in [0.25, 0.3) is 0 Å². The zero-order valence-corrected chi connectivity index (χ0v) is 12.4. The number of aromatic hydroxyl groups is 1. The third-order valence-corrected chi connectivity index (χ3v) is 3.31. The second-order valence-corrected chi connectivity index (χ2v) is 5.12. The maximum atomic E-state index is 9.82. The third kappa shape index (κ3) is 3.35. The Hall–Kier alpha value is -2.59. The van der Waals surface area contributed by atoms with E-state index < -0.39 is 0 Å². The summed E-state index contributed by atoms with van der Waals surface area (Å²) in [5, 5.41) is 17.4. The molecule has 0 aliphatic carbocycles. The van der Waals surface area contributed by atoms with Gasteiger partial charge in [0, 0.05) is 12.5 Å². The lowest BCUT2D eigenvalue weighted by Crippen LogP contribution is -1.96. The fraction of sp³-hybridized carbons (Fsp3) is 0.0588. The summed E-state index contributed by atoms with van der Waals surface area (Å²) < 4.78 is 5.69. The van der Waals surface area contributed by atoms with Crippen molar-refractivity contribution in [1.82, 2.24) is 10.2 Å². The average Bonchev–Trinajstić information content (AvgIpc) is 2.53. The van der Waals surface area contributed by atoms with Crippen LogP contribution in [0.4, 0.5) is 0 Å². The van der Waals surface area contributed by atoms with Crippen molar-refractivity contribution in [3.63, 3.8) is 0 Å². The number of hydrogen-bond acceptors (Lipinski definition) is 4. The molecule has 1 heterocycles. The van der Waals surface area contributed by atoms with E-state index in [-0.39, 0.29) is 16.8 Å². The summed E-state index contributed by atoms with van der Waals surface area (Å²) in [5.74, 6) is 0.512. The lowest BCUT2D eigenvalue weighted by atomic mass is 10.0. The SMILES string of the molecule is Oc1cc(Cl)nnc1Oc1ccccc1Cc1ccccc1. The van der Waals surface area contributed by atoms with Crippen molar-refractivity contribution in [2.24, 2.45) is 0 Å². The lowest BCUT2D eigenvalue weighted by molar-refractivity contribution is 0.390. The lowest BCUT2D eigenvalue weighted by Gasteiger charge is -2.11. The third-order valence-electron chi connectivity index (χ3n) is 3.13. The van der Waals surface area contributed by atoms with Crippen LogP contribution in [0.3, 0.4) is 0 Å². The Bertz CT molecular complexity index is 779. The number of benzene rings is 2. The molecule has 0 saturated carbocycles. The Morgan fingerprint density at radius 3 is 2.45 bits per heavy atom. The number of para-hydroxylation sites is 1. The number of halogens is 1. The maximum absolute atomic E-state index is 9.82. The van der Waals surface area contributed by atoms with Gasteiger partial charge in [-0.2, -0.15) is 0 Å². The van der Waals surface area contributed by atoms with Crippen molar-refractivity contribution < 1.29 is 9.84 Å². The van der Waals surface area contributed by atoms with Gasteiger partial charge in [-0.15, -0.1) is 10.2 Å². The molecule has 0 atom stereocenters. The minimum atomic E-state index is -0.144. The quantitative estimate of drug-likeness (QED) is 0.783. The highest BCUT2D eigenvalue weighted by Gasteiger charge is 2.11. The van der Waals surface area contributed by atoms with Crippen molar-refractivity contribution in [2.75, 3.05) is 0 Å². The molecule has 1 aromatic heterocycles. The molecule has 0 saturated heterocycles. The van der Waals surface area contributed by atoms with Crippen molar-refractivity contribution >= 4 is 11.6 Å². The van der Waals surface area contributed by atoms with Gasteiger partial charge in [-0.05, 0) is 17.2 Å².